The van der Waals surface area contributed by atoms with Crippen molar-refractivity contribution in [2.24, 2.45) is 11.8 Å². The maximum Gasteiger partial charge on any atom is 0.335 e. The number of benzene rings is 1. The van der Waals surface area contributed by atoms with Gasteiger partial charge >= 0.3 is 11.9 Å². The Bertz CT molecular complexity index is 1370. The number of ether oxygens (including phenoxy) is 2. The molecule has 0 spiro atoms. The van der Waals surface area contributed by atoms with Gasteiger partial charge in [-0.1, -0.05) is 54.1 Å². The second-order valence-electron chi connectivity index (χ2n) is 11.1. The van der Waals surface area contributed by atoms with E-state index in [0.717, 1.165) is 15.0 Å². The second kappa shape index (κ2) is 15.5. The molecule has 240 valence electrons. The van der Waals surface area contributed by atoms with Gasteiger partial charge in [0.1, 0.15) is 24.4 Å². The molecule has 11 nitrogen and oxygen atoms in total. The first kappa shape index (κ1) is 34.2. The van der Waals surface area contributed by atoms with Crippen molar-refractivity contribution in [3.05, 3.63) is 58.5 Å². The average Bonchev–Trinajstić information content (AvgIpc) is 3.47. The molecule has 2 fully saturated rings. The minimum absolute atomic E-state index is 0.0280. The number of ketones is 1. The molecule has 13 heteroatoms. The lowest BCUT2D eigenvalue weighted by Gasteiger charge is -2.39. The van der Waals surface area contributed by atoms with E-state index in [1.165, 1.54) is 0 Å². The van der Waals surface area contributed by atoms with Gasteiger partial charge in [-0.15, -0.1) is 11.3 Å². The number of carboxylic acid groups (broad SMARTS) is 2. The smallest absolute Gasteiger partial charge is 0.335 e. The van der Waals surface area contributed by atoms with Crippen molar-refractivity contribution >= 4 is 50.7 Å². The number of carbonyl (C=O) groups is 3. The molecule has 1 aromatic carbocycles. The molecule has 1 saturated carbocycles. The Balaban J connectivity index is 1.42. The Morgan fingerprint density at radius 1 is 1.11 bits per heavy atom. The number of hydrogen-bond acceptors (Lipinski definition) is 10. The van der Waals surface area contributed by atoms with Crippen molar-refractivity contribution in [1.29, 1.82) is 0 Å². The Morgan fingerprint density at radius 3 is 2.57 bits per heavy atom. The Hall–Kier alpha value is -2.68. The summed E-state index contributed by atoms with van der Waals surface area (Å²) in [6, 6.07) is 7.80. The predicted molar refractivity (Wildman–Crippen MR) is 161 cm³/mol. The molecule has 0 bridgehead atoms. The van der Waals surface area contributed by atoms with Crippen molar-refractivity contribution < 1.29 is 54.5 Å². The van der Waals surface area contributed by atoms with Crippen molar-refractivity contribution in [2.75, 3.05) is 0 Å². The number of rotatable bonds is 14. The monoisotopic (exact) mass is 652 g/mol. The van der Waals surface area contributed by atoms with Gasteiger partial charge in [0.2, 0.25) is 0 Å². The number of Topliss-reactive ketones (excluding diaryl/α,β-unsaturated/α-hetero) is 1. The number of unbranched alkanes of at least 4 members (excludes halogenated alkanes) is 1. The van der Waals surface area contributed by atoms with Gasteiger partial charge in [-0.3, -0.25) is 9.59 Å². The topological polar surface area (TPSA) is 191 Å². The molecule has 3 unspecified atom stereocenters. The fourth-order valence-corrected chi connectivity index (χ4v) is 7.08. The van der Waals surface area contributed by atoms with Crippen LogP contribution in [0.25, 0.3) is 10.1 Å². The summed E-state index contributed by atoms with van der Waals surface area (Å²) in [6.45, 7) is 0. The van der Waals surface area contributed by atoms with E-state index < -0.39 is 60.8 Å². The van der Waals surface area contributed by atoms with E-state index in [2.05, 4.69) is 0 Å². The van der Waals surface area contributed by atoms with Crippen LogP contribution in [-0.4, -0.2) is 91.3 Å². The number of carbonyl (C=O) groups excluding carboxylic acids is 1. The van der Waals surface area contributed by atoms with Gasteiger partial charge in [0.25, 0.3) is 0 Å². The molecular weight excluding hydrogens is 616 g/mol. The quantitative estimate of drug-likeness (QED) is 0.130. The zero-order valence-corrected chi connectivity index (χ0v) is 25.3. The van der Waals surface area contributed by atoms with Gasteiger partial charge in [-0.2, -0.15) is 0 Å². The van der Waals surface area contributed by atoms with Crippen LogP contribution in [0, 0.1) is 11.8 Å². The molecule has 1 aromatic heterocycles. The summed E-state index contributed by atoms with van der Waals surface area (Å²) >= 11 is 8.11. The number of carboxylic acids is 2. The van der Waals surface area contributed by atoms with Crippen LogP contribution >= 0.6 is 22.9 Å². The van der Waals surface area contributed by atoms with Crippen molar-refractivity contribution in [3.8, 4) is 0 Å². The largest absolute Gasteiger partial charge is 0.481 e. The first-order chi connectivity index (χ1) is 21.0. The highest BCUT2D eigenvalue weighted by molar-refractivity contribution is 7.19. The molecule has 0 amide bonds. The molecular formula is C31H37ClO11S. The zero-order valence-electron chi connectivity index (χ0n) is 23.8. The summed E-state index contributed by atoms with van der Waals surface area (Å²) < 4.78 is 12.0. The Morgan fingerprint density at radius 2 is 1.86 bits per heavy atom. The average molecular weight is 653 g/mol. The number of allylic oxidation sites excluding steroid dienone is 3. The molecule has 2 aromatic rings. The van der Waals surface area contributed by atoms with Crippen LogP contribution in [0.3, 0.4) is 0 Å². The number of hydrogen-bond donors (Lipinski definition) is 6. The van der Waals surface area contributed by atoms with E-state index >= 15 is 0 Å². The Labute approximate surface area is 263 Å². The number of aliphatic carboxylic acids is 2. The van der Waals surface area contributed by atoms with Crippen LogP contribution in [0.1, 0.15) is 43.4 Å². The van der Waals surface area contributed by atoms with Crippen LogP contribution in [-0.2, 0) is 30.3 Å². The SMILES string of the molecule is O=C(O)CCCC=CC[C@H]1C(=O)C(OC2O[C@H](C(=O)O)[C@@H](O)[C@H](O)[C@H]2O)C[C@@H]1C=CC(O)CCc1sc2ccccc2c1Cl. The first-order valence-corrected chi connectivity index (χ1v) is 15.7. The zero-order chi connectivity index (χ0) is 32.0. The molecule has 9 atom stereocenters. The van der Waals surface area contributed by atoms with Crippen LogP contribution < -0.4 is 0 Å². The molecule has 6 N–H and O–H groups in total. The number of halogens is 1. The molecule has 1 saturated heterocycles. The standard InChI is InChI=1S/C31H37ClO11S/c32-24-19-8-5-6-9-21(19)44-22(24)14-13-17(33)12-11-16-15-20(25(36)18(16)7-3-1-2-4-10-23(34)35)42-31-28(39)26(37)27(38)29(43-31)30(40)41/h1,3,5-6,8-9,11-12,16-18,20,26-29,31,33,37-39H,2,4,7,10,13-15H2,(H,34,35)(H,40,41)/t16-,17?,18+,20?,26-,27-,28+,29-,31?/m0/s1. The highest BCUT2D eigenvalue weighted by atomic mass is 35.5. The third-order valence-corrected chi connectivity index (χ3v) is 9.74. The van der Waals surface area contributed by atoms with E-state index in [9.17, 15) is 39.9 Å². The molecule has 1 aliphatic heterocycles. The first-order valence-electron chi connectivity index (χ1n) is 14.5. The van der Waals surface area contributed by atoms with Crippen molar-refractivity contribution in [1.82, 2.24) is 0 Å². The van der Waals surface area contributed by atoms with Crippen molar-refractivity contribution in [3.63, 3.8) is 0 Å². The minimum atomic E-state index is -1.89. The molecule has 2 heterocycles. The number of aliphatic hydroxyl groups excluding tert-OH is 4. The highest BCUT2D eigenvalue weighted by Gasteiger charge is 2.50. The molecule has 0 radical (unpaired) electrons. The predicted octanol–water partition coefficient (Wildman–Crippen LogP) is 3.09. The summed E-state index contributed by atoms with van der Waals surface area (Å²) in [6.07, 6.45) is -1.65. The number of thiophene rings is 1. The van der Waals surface area contributed by atoms with Gasteiger partial charge in [0.05, 0.1) is 11.1 Å². The summed E-state index contributed by atoms with van der Waals surface area (Å²) in [4.78, 5) is 36.6. The van der Waals surface area contributed by atoms with Crippen LogP contribution in [0.2, 0.25) is 5.02 Å². The van der Waals surface area contributed by atoms with E-state index in [0.29, 0.717) is 37.1 Å². The van der Waals surface area contributed by atoms with Gasteiger partial charge in [0.15, 0.2) is 18.2 Å². The number of aliphatic hydroxyl groups is 4. The normalized spacial score (nSPS) is 30.1. The maximum atomic E-state index is 13.4. The number of aryl methyl sites for hydroxylation is 1. The summed E-state index contributed by atoms with van der Waals surface area (Å²) in [5, 5.41) is 61.0. The molecule has 44 heavy (non-hydrogen) atoms. The van der Waals surface area contributed by atoms with Crippen molar-refractivity contribution in [2.45, 2.75) is 87.9 Å². The Kier molecular flexibility index (Phi) is 12.1. The van der Waals surface area contributed by atoms with Crippen LogP contribution in [0.4, 0.5) is 0 Å². The fraction of sp³-hybridized carbons (Fsp3) is 0.516. The minimum Gasteiger partial charge on any atom is -0.481 e. The summed E-state index contributed by atoms with van der Waals surface area (Å²) in [5.74, 6) is -3.75. The molecule has 2 aliphatic rings. The van der Waals surface area contributed by atoms with Gasteiger partial charge in [-0.25, -0.2) is 4.79 Å². The fourth-order valence-electron chi connectivity index (χ4n) is 5.53. The van der Waals surface area contributed by atoms with E-state index in [4.69, 9.17) is 26.2 Å². The van der Waals surface area contributed by atoms with E-state index in [-0.39, 0.29) is 24.5 Å². The maximum absolute atomic E-state index is 13.4. The number of fused-ring (bicyclic) bond motifs is 1. The van der Waals surface area contributed by atoms with Crippen LogP contribution in [0.15, 0.2) is 48.6 Å². The molecule has 4 rings (SSSR count). The lowest BCUT2D eigenvalue weighted by atomic mass is 9.91. The third-order valence-electron chi connectivity index (χ3n) is 7.96. The molecule has 1 aliphatic carbocycles. The van der Waals surface area contributed by atoms with Gasteiger partial charge in [0, 0.05) is 27.3 Å². The van der Waals surface area contributed by atoms with E-state index in [1.807, 2.05) is 24.3 Å². The second-order valence-corrected chi connectivity index (χ2v) is 12.6. The van der Waals surface area contributed by atoms with Gasteiger partial charge in [-0.05, 0) is 50.5 Å². The van der Waals surface area contributed by atoms with E-state index in [1.54, 1.807) is 35.6 Å². The summed E-state index contributed by atoms with van der Waals surface area (Å²) in [5.41, 5.74) is 0. The lowest BCUT2D eigenvalue weighted by molar-refractivity contribution is -0.301. The summed E-state index contributed by atoms with van der Waals surface area (Å²) in [7, 11) is 0. The third kappa shape index (κ3) is 8.32. The van der Waals surface area contributed by atoms with Gasteiger partial charge < -0.3 is 40.1 Å². The highest BCUT2D eigenvalue weighted by Crippen LogP contribution is 2.38. The van der Waals surface area contributed by atoms with Crippen LogP contribution in [0.5, 0.6) is 0 Å². The lowest BCUT2D eigenvalue weighted by Crippen LogP contribution is -2.61.